The first kappa shape index (κ1) is 18.1. The third kappa shape index (κ3) is 3.75. The monoisotopic (exact) mass is 360 g/mol. The highest BCUT2D eigenvalue weighted by atomic mass is 16.6. The van der Waals surface area contributed by atoms with E-state index in [2.05, 4.69) is 5.32 Å². The number of ether oxygens (including phenoxy) is 2. The third-order valence-electron chi connectivity index (χ3n) is 4.62. The maximum Gasteiger partial charge on any atom is 0.336 e. The topological polar surface area (TPSA) is 108 Å². The molecule has 0 bridgehead atoms. The van der Waals surface area contributed by atoms with E-state index in [1.165, 1.54) is 6.07 Å². The number of nitrogens with zero attached hydrogens (tertiary/aromatic N) is 1. The van der Waals surface area contributed by atoms with Gasteiger partial charge in [0.05, 0.1) is 16.6 Å². The summed E-state index contributed by atoms with van der Waals surface area (Å²) in [6.07, 6.45) is 1.59. The molecule has 26 heavy (non-hydrogen) atoms. The van der Waals surface area contributed by atoms with E-state index in [9.17, 15) is 19.7 Å². The molecule has 1 fully saturated rings. The van der Waals surface area contributed by atoms with Crippen molar-refractivity contribution in [1.82, 2.24) is 5.32 Å². The van der Waals surface area contributed by atoms with E-state index in [-0.39, 0.29) is 36.3 Å². The third-order valence-corrected chi connectivity index (χ3v) is 4.62. The molecule has 0 aromatic heterocycles. The van der Waals surface area contributed by atoms with Gasteiger partial charge >= 0.3 is 5.97 Å². The van der Waals surface area contributed by atoms with E-state index in [0.717, 1.165) is 12.8 Å². The van der Waals surface area contributed by atoms with Crippen LogP contribution in [0.25, 0.3) is 0 Å². The standard InChI is InChI=1S/C18H20N2O6/c1-11-17(18(22)26-10-12-5-4-8-25-12)14(9-16(21)19-11)13-6-2-3-7-15(13)20(23)24/h2-3,6-7,12,14H,4-5,8-10H2,1H3,(H,19,21)/t12-,14-/m1/s1. The predicted octanol–water partition coefficient (Wildman–Crippen LogP) is 2.19. The molecular formula is C18H20N2O6. The number of hydrogen-bond donors (Lipinski definition) is 1. The molecule has 1 amide bonds. The molecule has 0 saturated carbocycles. The average Bonchev–Trinajstić information content (AvgIpc) is 3.12. The maximum absolute atomic E-state index is 12.7. The number of nitrogens with one attached hydrogen (secondary N) is 1. The molecule has 1 saturated heterocycles. The van der Waals surface area contributed by atoms with Gasteiger partial charge in [-0.15, -0.1) is 0 Å². The Morgan fingerprint density at radius 2 is 2.19 bits per heavy atom. The minimum absolute atomic E-state index is 0.0491. The fourth-order valence-electron chi connectivity index (χ4n) is 3.41. The minimum Gasteiger partial charge on any atom is -0.460 e. The molecule has 2 atom stereocenters. The van der Waals surface area contributed by atoms with Crippen LogP contribution in [0, 0.1) is 10.1 Å². The lowest BCUT2D eigenvalue weighted by Crippen LogP contribution is -2.35. The van der Waals surface area contributed by atoms with Crippen molar-refractivity contribution in [3.05, 3.63) is 51.2 Å². The zero-order valence-corrected chi connectivity index (χ0v) is 14.4. The number of benzene rings is 1. The normalized spacial score (nSPS) is 22.9. The van der Waals surface area contributed by atoms with Gasteiger partial charge in [0.25, 0.3) is 5.69 Å². The van der Waals surface area contributed by atoms with Gasteiger partial charge in [-0.2, -0.15) is 0 Å². The van der Waals surface area contributed by atoms with E-state index in [0.29, 0.717) is 17.9 Å². The van der Waals surface area contributed by atoms with E-state index in [1.807, 2.05) is 0 Å². The summed E-state index contributed by atoms with van der Waals surface area (Å²) in [5.41, 5.74) is 0.818. The first-order valence-electron chi connectivity index (χ1n) is 8.50. The minimum atomic E-state index is -0.720. The molecule has 8 heteroatoms. The van der Waals surface area contributed by atoms with Gasteiger partial charge in [0, 0.05) is 36.3 Å². The Labute approximate surface area is 150 Å². The molecule has 0 unspecified atom stereocenters. The van der Waals surface area contributed by atoms with Gasteiger partial charge in [-0.05, 0) is 19.8 Å². The van der Waals surface area contributed by atoms with E-state index < -0.39 is 16.8 Å². The van der Waals surface area contributed by atoms with Crippen molar-refractivity contribution < 1.29 is 24.0 Å². The Balaban J connectivity index is 1.89. The van der Waals surface area contributed by atoms with Gasteiger partial charge in [-0.1, -0.05) is 18.2 Å². The Morgan fingerprint density at radius 1 is 1.42 bits per heavy atom. The van der Waals surface area contributed by atoms with Crippen LogP contribution in [0.5, 0.6) is 0 Å². The Morgan fingerprint density at radius 3 is 2.88 bits per heavy atom. The van der Waals surface area contributed by atoms with Crippen LogP contribution in [0.2, 0.25) is 0 Å². The highest BCUT2D eigenvalue weighted by Crippen LogP contribution is 2.38. The molecule has 1 aromatic rings. The average molecular weight is 360 g/mol. The van der Waals surface area contributed by atoms with Crippen molar-refractivity contribution in [3.63, 3.8) is 0 Å². The second-order valence-electron chi connectivity index (χ2n) is 6.39. The number of carbonyl (C=O) groups is 2. The van der Waals surface area contributed by atoms with Crippen molar-refractivity contribution in [3.8, 4) is 0 Å². The number of rotatable bonds is 5. The molecule has 2 heterocycles. The van der Waals surface area contributed by atoms with Gasteiger partial charge in [-0.3, -0.25) is 14.9 Å². The molecule has 0 aliphatic carbocycles. The Hall–Kier alpha value is -2.74. The van der Waals surface area contributed by atoms with Crippen molar-refractivity contribution in [1.29, 1.82) is 0 Å². The number of esters is 1. The summed E-state index contributed by atoms with van der Waals surface area (Å²) in [7, 11) is 0. The van der Waals surface area contributed by atoms with Crippen LogP contribution in [0.4, 0.5) is 5.69 Å². The van der Waals surface area contributed by atoms with E-state index in [1.54, 1.807) is 25.1 Å². The lowest BCUT2D eigenvalue weighted by atomic mass is 9.83. The highest BCUT2D eigenvalue weighted by molar-refractivity contribution is 5.96. The van der Waals surface area contributed by atoms with Crippen LogP contribution in [0.3, 0.4) is 0 Å². The van der Waals surface area contributed by atoms with Crippen LogP contribution in [-0.4, -0.2) is 36.1 Å². The molecule has 138 valence electrons. The van der Waals surface area contributed by atoms with E-state index in [4.69, 9.17) is 9.47 Å². The summed E-state index contributed by atoms with van der Waals surface area (Å²) in [5.74, 6) is -1.59. The predicted molar refractivity (Wildman–Crippen MR) is 91.2 cm³/mol. The van der Waals surface area contributed by atoms with E-state index >= 15 is 0 Å². The largest absolute Gasteiger partial charge is 0.460 e. The van der Waals surface area contributed by atoms with Crippen LogP contribution < -0.4 is 5.32 Å². The van der Waals surface area contributed by atoms with Crippen molar-refractivity contribution >= 4 is 17.6 Å². The molecule has 8 nitrogen and oxygen atoms in total. The zero-order chi connectivity index (χ0) is 18.7. The molecule has 2 aliphatic heterocycles. The maximum atomic E-state index is 12.7. The van der Waals surface area contributed by atoms with Gasteiger partial charge in [0.2, 0.25) is 5.91 Å². The number of nitro groups is 1. The Bertz CT molecular complexity index is 767. The first-order valence-corrected chi connectivity index (χ1v) is 8.50. The smallest absolute Gasteiger partial charge is 0.336 e. The molecule has 0 radical (unpaired) electrons. The summed E-state index contributed by atoms with van der Waals surface area (Å²) >= 11 is 0. The summed E-state index contributed by atoms with van der Waals surface area (Å²) in [6.45, 7) is 2.38. The fourth-order valence-corrected chi connectivity index (χ4v) is 3.41. The van der Waals surface area contributed by atoms with Gasteiger partial charge in [0.15, 0.2) is 0 Å². The Kier molecular flexibility index (Phi) is 5.32. The molecule has 3 rings (SSSR count). The second-order valence-corrected chi connectivity index (χ2v) is 6.39. The number of para-hydroxylation sites is 1. The lowest BCUT2D eigenvalue weighted by Gasteiger charge is -2.26. The quantitative estimate of drug-likeness (QED) is 0.490. The van der Waals surface area contributed by atoms with Crippen molar-refractivity contribution in [2.24, 2.45) is 0 Å². The molecule has 2 aliphatic rings. The number of hydrogen-bond acceptors (Lipinski definition) is 6. The SMILES string of the molecule is CC1=C(C(=O)OC[C@H]2CCCO2)[C@@H](c2ccccc2[N+](=O)[O-])CC(=O)N1. The van der Waals surface area contributed by atoms with Crippen LogP contribution in [0.1, 0.15) is 37.7 Å². The second kappa shape index (κ2) is 7.65. The number of carbonyl (C=O) groups excluding carboxylic acids is 2. The molecule has 1 N–H and O–H groups in total. The first-order chi connectivity index (χ1) is 12.5. The van der Waals surface area contributed by atoms with Gasteiger partial charge < -0.3 is 14.8 Å². The number of nitro benzene ring substituents is 1. The summed E-state index contributed by atoms with van der Waals surface area (Å²) in [6, 6.07) is 6.14. The number of amides is 1. The van der Waals surface area contributed by atoms with Gasteiger partial charge in [-0.25, -0.2) is 4.79 Å². The fraction of sp³-hybridized carbons (Fsp3) is 0.444. The highest BCUT2D eigenvalue weighted by Gasteiger charge is 2.36. The zero-order valence-electron chi connectivity index (χ0n) is 14.4. The van der Waals surface area contributed by atoms with Crippen molar-refractivity contribution in [2.45, 2.75) is 38.2 Å². The lowest BCUT2D eigenvalue weighted by molar-refractivity contribution is -0.385. The summed E-state index contributed by atoms with van der Waals surface area (Å²) < 4.78 is 10.8. The van der Waals surface area contributed by atoms with Crippen LogP contribution in [-0.2, 0) is 19.1 Å². The molecular weight excluding hydrogens is 340 g/mol. The molecule has 0 spiro atoms. The van der Waals surface area contributed by atoms with Gasteiger partial charge in [0.1, 0.15) is 6.61 Å². The van der Waals surface area contributed by atoms with Crippen LogP contribution in [0.15, 0.2) is 35.5 Å². The van der Waals surface area contributed by atoms with Crippen LogP contribution >= 0.6 is 0 Å². The number of allylic oxidation sites excluding steroid dienone is 1. The molecule has 1 aromatic carbocycles. The summed E-state index contributed by atoms with van der Waals surface area (Å²) in [4.78, 5) is 35.5. The summed E-state index contributed by atoms with van der Waals surface area (Å²) in [5, 5.41) is 14.0. The van der Waals surface area contributed by atoms with Crippen molar-refractivity contribution in [2.75, 3.05) is 13.2 Å².